The quantitative estimate of drug-likeness (QED) is 0.366. The summed E-state index contributed by atoms with van der Waals surface area (Å²) < 4.78 is 12.2. The van der Waals surface area contributed by atoms with Gasteiger partial charge in [-0.3, -0.25) is 24.5 Å². The second kappa shape index (κ2) is 8.98. The van der Waals surface area contributed by atoms with Crippen molar-refractivity contribution in [1.29, 1.82) is 0 Å². The maximum atomic E-state index is 12.5. The Hall–Kier alpha value is -4.86. The van der Waals surface area contributed by atoms with Gasteiger partial charge >= 0.3 is 5.76 Å². The van der Waals surface area contributed by atoms with Crippen LogP contribution < -0.4 is 11.1 Å². The number of benzene rings is 2. The van der Waals surface area contributed by atoms with Gasteiger partial charge in [0.15, 0.2) is 5.58 Å². The summed E-state index contributed by atoms with van der Waals surface area (Å²) in [6.45, 7) is 1.95. The molecule has 0 radical (unpaired) electrons. The van der Waals surface area contributed by atoms with Crippen LogP contribution in [0.1, 0.15) is 36.0 Å². The Morgan fingerprint density at radius 2 is 1.86 bits per heavy atom. The van der Waals surface area contributed by atoms with Crippen molar-refractivity contribution in [2.45, 2.75) is 32.2 Å². The molecule has 37 heavy (non-hydrogen) atoms. The van der Waals surface area contributed by atoms with Crippen LogP contribution in [0.4, 0.5) is 0 Å². The molecular weight excluding hydrogens is 474 g/mol. The SMILES string of the molecule is Cc1cc(-c2cccc(-c3noc(Cc4ccc5oc(=O)n(C6CCC(=O)NC6=O)c5c4)n3)c2)ccn1. The molecule has 0 aliphatic carbocycles. The lowest BCUT2D eigenvalue weighted by molar-refractivity contribution is -0.135. The minimum Gasteiger partial charge on any atom is -0.408 e. The van der Waals surface area contributed by atoms with E-state index in [0.717, 1.165) is 27.9 Å². The van der Waals surface area contributed by atoms with Crippen molar-refractivity contribution >= 4 is 22.9 Å². The molecule has 0 saturated carbocycles. The number of aryl methyl sites for hydroxylation is 1. The maximum Gasteiger partial charge on any atom is 0.420 e. The number of imide groups is 1. The fourth-order valence-electron chi connectivity index (χ4n) is 4.59. The number of fused-ring (bicyclic) bond motifs is 1. The van der Waals surface area contributed by atoms with Crippen LogP contribution in [0.3, 0.4) is 0 Å². The van der Waals surface area contributed by atoms with Gasteiger partial charge in [-0.1, -0.05) is 29.4 Å². The summed E-state index contributed by atoms with van der Waals surface area (Å²) in [5, 5.41) is 6.44. The summed E-state index contributed by atoms with van der Waals surface area (Å²) >= 11 is 0. The smallest absolute Gasteiger partial charge is 0.408 e. The molecule has 10 nitrogen and oxygen atoms in total. The van der Waals surface area contributed by atoms with Gasteiger partial charge in [0, 0.05) is 23.9 Å². The topological polar surface area (TPSA) is 133 Å². The van der Waals surface area contributed by atoms with Gasteiger partial charge in [0.25, 0.3) is 0 Å². The number of hydrogen-bond donors (Lipinski definition) is 1. The van der Waals surface area contributed by atoms with Crippen molar-refractivity contribution in [2.24, 2.45) is 0 Å². The van der Waals surface area contributed by atoms with Crippen LogP contribution in [0.25, 0.3) is 33.6 Å². The predicted molar refractivity (Wildman–Crippen MR) is 132 cm³/mol. The van der Waals surface area contributed by atoms with Crippen molar-refractivity contribution in [2.75, 3.05) is 0 Å². The van der Waals surface area contributed by atoms with Crippen LogP contribution in [0.15, 0.2) is 74.5 Å². The molecule has 0 spiro atoms. The molecule has 1 aliphatic heterocycles. The van der Waals surface area contributed by atoms with Crippen molar-refractivity contribution < 1.29 is 18.5 Å². The third-order valence-electron chi connectivity index (χ3n) is 6.37. The summed E-state index contributed by atoms with van der Waals surface area (Å²) in [7, 11) is 0. The van der Waals surface area contributed by atoms with E-state index in [-0.39, 0.29) is 18.7 Å². The monoisotopic (exact) mass is 495 g/mol. The molecule has 5 aromatic rings. The van der Waals surface area contributed by atoms with E-state index in [1.54, 1.807) is 24.4 Å². The number of nitrogens with one attached hydrogen (secondary N) is 1. The first-order valence-electron chi connectivity index (χ1n) is 11.8. The third-order valence-corrected chi connectivity index (χ3v) is 6.37. The maximum absolute atomic E-state index is 12.5. The lowest BCUT2D eigenvalue weighted by Crippen LogP contribution is -2.43. The van der Waals surface area contributed by atoms with Gasteiger partial charge in [-0.15, -0.1) is 0 Å². The first kappa shape index (κ1) is 22.6. The highest BCUT2D eigenvalue weighted by atomic mass is 16.5. The molecule has 1 unspecified atom stereocenters. The molecule has 6 rings (SSSR count). The number of rotatable bonds is 5. The number of carbonyl (C=O) groups is 2. The second-order valence-electron chi connectivity index (χ2n) is 8.96. The molecule has 2 aromatic carbocycles. The molecule has 1 saturated heterocycles. The van der Waals surface area contributed by atoms with E-state index in [1.807, 2.05) is 43.3 Å². The summed E-state index contributed by atoms with van der Waals surface area (Å²) in [4.78, 5) is 45.3. The number of hydrogen-bond acceptors (Lipinski definition) is 8. The zero-order valence-electron chi connectivity index (χ0n) is 19.8. The van der Waals surface area contributed by atoms with Gasteiger partial charge in [-0.2, -0.15) is 4.98 Å². The van der Waals surface area contributed by atoms with Gasteiger partial charge in [-0.25, -0.2) is 4.79 Å². The van der Waals surface area contributed by atoms with E-state index in [0.29, 0.717) is 29.2 Å². The number of aromatic nitrogens is 4. The van der Waals surface area contributed by atoms with Gasteiger partial charge in [0.2, 0.25) is 23.5 Å². The van der Waals surface area contributed by atoms with Gasteiger partial charge < -0.3 is 8.94 Å². The summed E-state index contributed by atoms with van der Waals surface area (Å²) in [5.41, 5.74) is 5.44. The first-order chi connectivity index (χ1) is 17.9. The van der Waals surface area contributed by atoms with Gasteiger partial charge in [0.1, 0.15) is 6.04 Å². The Labute approximate surface area is 209 Å². The standard InChI is InChI=1S/C27H21N5O5/c1-15-11-18(9-10-28-15)17-3-2-4-19(14-17)25-30-24(37-31-25)13-16-5-7-22-21(12-16)32(27(35)36-22)20-6-8-23(33)29-26(20)34/h2-5,7,9-12,14,20H,6,8,13H2,1H3,(H,29,33,34). The lowest BCUT2D eigenvalue weighted by atomic mass is 10.0. The number of pyridine rings is 1. The Kier molecular flexibility index (Phi) is 5.48. The van der Waals surface area contributed by atoms with E-state index in [9.17, 15) is 14.4 Å². The Morgan fingerprint density at radius 1 is 1.03 bits per heavy atom. The number of carbonyl (C=O) groups excluding carboxylic acids is 2. The molecule has 1 N–H and O–H groups in total. The number of nitrogens with zero attached hydrogens (tertiary/aromatic N) is 4. The molecule has 0 bridgehead atoms. The second-order valence-corrected chi connectivity index (χ2v) is 8.96. The lowest BCUT2D eigenvalue weighted by Gasteiger charge is -2.21. The largest absolute Gasteiger partial charge is 0.420 e. The van der Waals surface area contributed by atoms with E-state index in [4.69, 9.17) is 8.94 Å². The minimum absolute atomic E-state index is 0.155. The number of oxazole rings is 1. The van der Waals surface area contributed by atoms with Crippen molar-refractivity contribution in [3.8, 4) is 22.5 Å². The summed E-state index contributed by atoms with van der Waals surface area (Å²) in [5.74, 6) is -0.648. The molecule has 1 aliphatic rings. The third kappa shape index (κ3) is 4.33. The fourth-order valence-corrected chi connectivity index (χ4v) is 4.59. The molecule has 1 atom stereocenters. The highest BCUT2D eigenvalue weighted by molar-refractivity contribution is 6.00. The van der Waals surface area contributed by atoms with Crippen LogP contribution in [0, 0.1) is 6.92 Å². The van der Waals surface area contributed by atoms with Gasteiger partial charge in [-0.05, 0) is 60.4 Å². The summed E-state index contributed by atoms with van der Waals surface area (Å²) in [6, 6.07) is 16.3. The van der Waals surface area contributed by atoms with Crippen LogP contribution in [0.5, 0.6) is 0 Å². The van der Waals surface area contributed by atoms with E-state index in [1.165, 1.54) is 4.57 Å². The zero-order valence-corrected chi connectivity index (χ0v) is 19.8. The summed E-state index contributed by atoms with van der Waals surface area (Å²) in [6.07, 6.45) is 2.48. The predicted octanol–water partition coefficient (Wildman–Crippen LogP) is 3.58. The number of amides is 2. The molecule has 10 heteroatoms. The zero-order chi connectivity index (χ0) is 25.5. The van der Waals surface area contributed by atoms with Crippen LogP contribution in [0.2, 0.25) is 0 Å². The van der Waals surface area contributed by atoms with Gasteiger partial charge in [0.05, 0.1) is 11.9 Å². The first-order valence-corrected chi connectivity index (χ1v) is 11.8. The molecule has 2 amide bonds. The van der Waals surface area contributed by atoms with Crippen LogP contribution >= 0.6 is 0 Å². The Balaban J connectivity index is 1.28. The Bertz CT molecular complexity index is 1730. The molecule has 4 heterocycles. The molecule has 1 fully saturated rings. The average Bonchev–Trinajstić information content (AvgIpc) is 3.48. The highest BCUT2D eigenvalue weighted by Crippen LogP contribution is 2.27. The Morgan fingerprint density at radius 3 is 2.70 bits per heavy atom. The molecule has 184 valence electrons. The van der Waals surface area contributed by atoms with Crippen LogP contribution in [-0.4, -0.2) is 31.5 Å². The van der Waals surface area contributed by atoms with E-state index in [2.05, 4.69) is 20.4 Å². The van der Waals surface area contributed by atoms with Crippen molar-refractivity contribution in [3.05, 3.63) is 88.5 Å². The van der Waals surface area contributed by atoms with Crippen molar-refractivity contribution in [3.63, 3.8) is 0 Å². The minimum atomic E-state index is -0.812. The fraction of sp³-hybridized carbons (Fsp3) is 0.185. The average molecular weight is 495 g/mol. The molecular formula is C27H21N5O5. The van der Waals surface area contributed by atoms with E-state index < -0.39 is 17.7 Å². The molecule has 3 aromatic heterocycles. The highest BCUT2D eigenvalue weighted by Gasteiger charge is 2.31. The van der Waals surface area contributed by atoms with Crippen molar-refractivity contribution in [1.82, 2.24) is 25.0 Å². The number of piperidine rings is 1. The van der Waals surface area contributed by atoms with E-state index >= 15 is 0 Å². The normalized spacial score (nSPS) is 15.8. The van der Waals surface area contributed by atoms with Crippen LogP contribution in [-0.2, 0) is 16.0 Å².